The van der Waals surface area contributed by atoms with Crippen molar-refractivity contribution in [1.82, 2.24) is 9.88 Å². The van der Waals surface area contributed by atoms with Gasteiger partial charge < -0.3 is 24.3 Å². The Balaban J connectivity index is 1.67. The summed E-state index contributed by atoms with van der Waals surface area (Å²) in [6.07, 6.45) is 2.76. The molecule has 1 unspecified atom stereocenters. The van der Waals surface area contributed by atoms with Crippen molar-refractivity contribution in [3.63, 3.8) is 0 Å². The standard InChI is InChI=1S/C24H19F2N3O4/c25-14-3-5-15(6-4-14)29-12-17(24(31)32)23(30)16-10-18(26)21(11-20(16)29)28-8-7-27-19(13-28)22-2-1-9-33-22/h1-6,9-12,19,27H,7-8,13H2,(H,31,32). The van der Waals surface area contributed by atoms with Gasteiger partial charge in [0, 0.05) is 36.9 Å². The summed E-state index contributed by atoms with van der Waals surface area (Å²) in [6, 6.07) is 11.5. The molecule has 33 heavy (non-hydrogen) atoms. The van der Waals surface area contributed by atoms with Crippen LogP contribution < -0.4 is 15.6 Å². The molecule has 7 nitrogen and oxygen atoms in total. The third kappa shape index (κ3) is 3.76. The Kier molecular flexibility index (Phi) is 5.18. The number of piperazine rings is 1. The van der Waals surface area contributed by atoms with E-state index in [9.17, 15) is 19.1 Å². The van der Waals surface area contributed by atoms with E-state index in [4.69, 9.17) is 4.42 Å². The predicted molar refractivity (Wildman–Crippen MR) is 118 cm³/mol. The number of anilines is 1. The fourth-order valence-corrected chi connectivity index (χ4v) is 4.19. The molecule has 1 saturated heterocycles. The number of carboxylic acids is 1. The highest BCUT2D eigenvalue weighted by molar-refractivity contribution is 5.94. The Morgan fingerprint density at radius 1 is 1.15 bits per heavy atom. The Morgan fingerprint density at radius 2 is 1.94 bits per heavy atom. The van der Waals surface area contributed by atoms with Crippen molar-refractivity contribution < 1.29 is 23.1 Å². The van der Waals surface area contributed by atoms with Crippen LogP contribution in [0.3, 0.4) is 0 Å². The minimum atomic E-state index is -1.43. The molecule has 2 N–H and O–H groups in total. The van der Waals surface area contributed by atoms with E-state index in [1.165, 1.54) is 41.1 Å². The van der Waals surface area contributed by atoms with Gasteiger partial charge in [-0.25, -0.2) is 13.6 Å². The topological polar surface area (TPSA) is 87.7 Å². The fraction of sp³-hybridized carbons (Fsp3) is 0.167. The second-order valence-corrected chi connectivity index (χ2v) is 7.81. The zero-order chi connectivity index (χ0) is 23.1. The lowest BCUT2D eigenvalue weighted by Crippen LogP contribution is -2.46. The van der Waals surface area contributed by atoms with Gasteiger partial charge in [0.1, 0.15) is 23.0 Å². The molecule has 0 aliphatic carbocycles. The number of carboxylic acid groups (broad SMARTS) is 1. The molecule has 168 valence electrons. The molecule has 0 bridgehead atoms. The Bertz CT molecular complexity index is 1400. The maximum absolute atomic E-state index is 15.2. The number of benzene rings is 2. The zero-order valence-electron chi connectivity index (χ0n) is 17.3. The van der Waals surface area contributed by atoms with E-state index in [2.05, 4.69) is 5.32 Å². The van der Waals surface area contributed by atoms with Crippen molar-refractivity contribution in [2.24, 2.45) is 0 Å². The van der Waals surface area contributed by atoms with Gasteiger partial charge in [-0.15, -0.1) is 0 Å². The van der Waals surface area contributed by atoms with E-state index in [0.717, 1.165) is 11.8 Å². The fourth-order valence-electron chi connectivity index (χ4n) is 4.19. The molecule has 0 saturated carbocycles. The maximum Gasteiger partial charge on any atom is 0.341 e. The van der Waals surface area contributed by atoms with Crippen LogP contribution in [0.25, 0.3) is 16.6 Å². The molecule has 2 aromatic heterocycles. The number of hydrogen-bond acceptors (Lipinski definition) is 5. The number of aromatic nitrogens is 1. The minimum Gasteiger partial charge on any atom is -0.477 e. The number of nitrogens with one attached hydrogen (secondary N) is 1. The van der Waals surface area contributed by atoms with Gasteiger partial charge in [-0.2, -0.15) is 0 Å². The lowest BCUT2D eigenvalue weighted by molar-refractivity contribution is 0.0695. The molecule has 0 spiro atoms. The van der Waals surface area contributed by atoms with Crippen LogP contribution >= 0.6 is 0 Å². The number of fused-ring (bicyclic) bond motifs is 1. The molecule has 0 amide bonds. The largest absolute Gasteiger partial charge is 0.477 e. The van der Waals surface area contributed by atoms with E-state index in [-0.39, 0.29) is 17.1 Å². The first-order chi connectivity index (χ1) is 15.9. The van der Waals surface area contributed by atoms with E-state index in [0.29, 0.717) is 30.8 Å². The Morgan fingerprint density at radius 3 is 2.64 bits per heavy atom. The van der Waals surface area contributed by atoms with Crippen LogP contribution in [-0.2, 0) is 0 Å². The van der Waals surface area contributed by atoms with Gasteiger partial charge in [-0.3, -0.25) is 4.79 Å². The van der Waals surface area contributed by atoms with Crippen molar-refractivity contribution in [2.45, 2.75) is 6.04 Å². The molecule has 0 radical (unpaired) electrons. The number of nitrogens with zero attached hydrogens (tertiary/aromatic N) is 2. The molecule has 1 aliphatic rings. The Hall–Kier alpha value is -3.98. The van der Waals surface area contributed by atoms with Gasteiger partial charge in [0.15, 0.2) is 0 Å². The average Bonchev–Trinajstić information content (AvgIpc) is 3.35. The first-order valence-corrected chi connectivity index (χ1v) is 10.3. The third-order valence-corrected chi connectivity index (χ3v) is 5.81. The second kappa shape index (κ2) is 8.18. The van der Waals surface area contributed by atoms with Gasteiger partial charge in [0.05, 0.1) is 23.5 Å². The molecule has 4 aromatic rings. The summed E-state index contributed by atoms with van der Waals surface area (Å²) < 4.78 is 35.7. The summed E-state index contributed by atoms with van der Waals surface area (Å²) in [5.74, 6) is -1.78. The van der Waals surface area contributed by atoms with Gasteiger partial charge in [0.25, 0.3) is 0 Å². The molecule has 1 aliphatic heterocycles. The summed E-state index contributed by atoms with van der Waals surface area (Å²) in [5.41, 5.74) is -0.246. The summed E-state index contributed by atoms with van der Waals surface area (Å²) in [6.45, 7) is 1.54. The molecule has 1 fully saturated rings. The van der Waals surface area contributed by atoms with Crippen LogP contribution in [0.1, 0.15) is 22.2 Å². The number of halogens is 2. The molecular formula is C24H19F2N3O4. The summed E-state index contributed by atoms with van der Waals surface area (Å²) >= 11 is 0. The van der Waals surface area contributed by atoms with Crippen molar-refractivity contribution in [3.8, 4) is 5.69 Å². The first kappa shape index (κ1) is 20.9. The number of rotatable bonds is 4. The van der Waals surface area contributed by atoms with Crippen LogP contribution in [0.5, 0.6) is 0 Å². The first-order valence-electron chi connectivity index (χ1n) is 10.3. The smallest absolute Gasteiger partial charge is 0.341 e. The number of furan rings is 1. The molecule has 5 rings (SSSR count). The van der Waals surface area contributed by atoms with Crippen LogP contribution in [0.15, 0.2) is 70.2 Å². The number of carbonyl (C=O) groups is 1. The van der Waals surface area contributed by atoms with E-state index in [1.807, 2.05) is 11.0 Å². The van der Waals surface area contributed by atoms with Crippen molar-refractivity contribution in [3.05, 3.63) is 94.2 Å². The molecular weight excluding hydrogens is 432 g/mol. The van der Waals surface area contributed by atoms with Crippen LogP contribution in [-0.4, -0.2) is 35.3 Å². The quantitative estimate of drug-likeness (QED) is 0.492. The molecule has 2 aromatic carbocycles. The number of aromatic carboxylic acids is 1. The van der Waals surface area contributed by atoms with E-state index < -0.39 is 28.6 Å². The number of hydrogen-bond donors (Lipinski definition) is 2. The molecule has 3 heterocycles. The Labute approximate surface area is 186 Å². The summed E-state index contributed by atoms with van der Waals surface area (Å²) in [4.78, 5) is 26.3. The van der Waals surface area contributed by atoms with Crippen molar-refractivity contribution >= 4 is 22.6 Å². The third-order valence-electron chi connectivity index (χ3n) is 5.81. The summed E-state index contributed by atoms with van der Waals surface area (Å²) in [7, 11) is 0. The van der Waals surface area contributed by atoms with Crippen molar-refractivity contribution in [2.75, 3.05) is 24.5 Å². The van der Waals surface area contributed by atoms with Crippen molar-refractivity contribution in [1.29, 1.82) is 0 Å². The van der Waals surface area contributed by atoms with Crippen LogP contribution in [0, 0.1) is 11.6 Å². The second-order valence-electron chi connectivity index (χ2n) is 7.81. The van der Waals surface area contributed by atoms with Gasteiger partial charge >= 0.3 is 5.97 Å². The zero-order valence-corrected chi connectivity index (χ0v) is 17.3. The monoisotopic (exact) mass is 451 g/mol. The number of pyridine rings is 1. The highest BCUT2D eigenvalue weighted by Crippen LogP contribution is 2.30. The SMILES string of the molecule is O=C(O)c1cn(-c2ccc(F)cc2)c2cc(N3CCNC(c4ccco4)C3)c(F)cc2c1=O. The minimum absolute atomic E-state index is 0.0711. The summed E-state index contributed by atoms with van der Waals surface area (Å²) in [5, 5.41) is 12.8. The normalized spacial score (nSPS) is 16.3. The molecule has 1 atom stereocenters. The van der Waals surface area contributed by atoms with Crippen LogP contribution in [0.2, 0.25) is 0 Å². The van der Waals surface area contributed by atoms with Crippen LogP contribution in [0.4, 0.5) is 14.5 Å². The maximum atomic E-state index is 15.2. The highest BCUT2D eigenvalue weighted by atomic mass is 19.1. The highest BCUT2D eigenvalue weighted by Gasteiger charge is 2.26. The lowest BCUT2D eigenvalue weighted by Gasteiger charge is -2.34. The van der Waals surface area contributed by atoms with E-state index in [1.54, 1.807) is 12.3 Å². The predicted octanol–water partition coefficient (Wildman–Crippen LogP) is 3.71. The van der Waals surface area contributed by atoms with Gasteiger partial charge in [0.2, 0.25) is 5.43 Å². The van der Waals surface area contributed by atoms with E-state index >= 15 is 4.39 Å². The average molecular weight is 451 g/mol. The lowest BCUT2D eigenvalue weighted by atomic mass is 10.1. The van der Waals surface area contributed by atoms with Gasteiger partial charge in [-0.1, -0.05) is 0 Å². The van der Waals surface area contributed by atoms with Gasteiger partial charge in [-0.05, 0) is 48.5 Å². The molecule has 9 heteroatoms.